The normalized spacial score (nSPS) is 13.8. The van der Waals surface area contributed by atoms with Crippen LogP contribution in [0.25, 0.3) is 0 Å². The van der Waals surface area contributed by atoms with E-state index in [2.05, 4.69) is 10.3 Å². The molecule has 1 aliphatic heterocycles. The van der Waals surface area contributed by atoms with Crippen molar-refractivity contribution in [2.75, 3.05) is 18.4 Å². The third-order valence-electron chi connectivity index (χ3n) is 4.00. The van der Waals surface area contributed by atoms with Crippen molar-refractivity contribution in [1.82, 2.24) is 14.5 Å². The number of amides is 2. The lowest BCUT2D eigenvalue weighted by molar-refractivity contribution is 0.0791. The monoisotopic (exact) mass is 326 g/mol. The first-order valence-electron chi connectivity index (χ1n) is 7.77. The Bertz CT molecular complexity index is 823. The van der Waals surface area contributed by atoms with E-state index >= 15 is 0 Å². The lowest BCUT2D eigenvalue weighted by atomic mass is 10.2. The van der Waals surface area contributed by atoms with Crippen molar-refractivity contribution in [2.45, 2.75) is 12.8 Å². The highest BCUT2D eigenvalue weighted by atomic mass is 16.2. The minimum atomic E-state index is -0.439. The van der Waals surface area contributed by atoms with Gasteiger partial charge in [-0.15, -0.1) is 0 Å². The molecule has 0 aromatic carbocycles. The maximum absolute atomic E-state index is 12.5. The van der Waals surface area contributed by atoms with Gasteiger partial charge in [0, 0.05) is 38.7 Å². The van der Waals surface area contributed by atoms with Gasteiger partial charge in [-0.25, -0.2) is 0 Å². The third-order valence-corrected chi connectivity index (χ3v) is 4.00. The molecule has 0 radical (unpaired) electrons. The zero-order valence-electron chi connectivity index (χ0n) is 13.4. The van der Waals surface area contributed by atoms with Crippen molar-refractivity contribution in [3.8, 4) is 0 Å². The van der Waals surface area contributed by atoms with Gasteiger partial charge in [-0.3, -0.25) is 19.4 Å². The van der Waals surface area contributed by atoms with Crippen LogP contribution in [0.1, 0.15) is 33.6 Å². The largest absolute Gasteiger partial charge is 0.339 e. The Balaban J connectivity index is 1.89. The molecule has 0 atom stereocenters. The number of pyridine rings is 2. The van der Waals surface area contributed by atoms with Crippen LogP contribution in [0, 0.1) is 0 Å². The van der Waals surface area contributed by atoms with Gasteiger partial charge in [0.05, 0.1) is 11.1 Å². The number of hydrogen-bond acceptors (Lipinski definition) is 4. The highest BCUT2D eigenvalue weighted by molar-refractivity contribution is 6.04. The van der Waals surface area contributed by atoms with Crippen LogP contribution in [-0.2, 0) is 7.05 Å². The van der Waals surface area contributed by atoms with Crippen LogP contribution >= 0.6 is 0 Å². The molecule has 1 aliphatic rings. The van der Waals surface area contributed by atoms with Crippen molar-refractivity contribution in [2.24, 2.45) is 7.05 Å². The van der Waals surface area contributed by atoms with Crippen LogP contribution in [0.15, 0.2) is 41.6 Å². The van der Waals surface area contributed by atoms with E-state index < -0.39 is 5.91 Å². The molecule has 2 amide bonds. The Morgan fingerprint density at radius 2 is 1.96 bits per heavy atom. The van der Waals surface area contributed by atoms with Gasteiger partial charge < -0.3 is 14.8 Å². The summed E-state index contributed by atoms with van der Waals surface area (Å²) in [5.41, 5.74) is 0.443. The minimum absolute atomic E-state index is 0.0800. The van der Waals surface area contributed by atoms with Gasteiger partial charge in [-0.2, -0.15) is 0 Å². The number of aromatic nitrogens is 2. The second-order valence-corrected chi connectivity index (χ2v) is 5.75. The van der Waals surface area contributed by atoms with Crippen LogP contribution in [0.4, 0.5) is 5.69 Å². The number of hydrogen-bond donors (Lipinski definition) is 1. The molecule has 0 saturated carbocycles. The molecule has 124 valence electrons. The van der Waals surface area contributed by atoms with Crippen molar-refractivity contribution in [3.05, 3.63) is 58.3 Å². The second-order valence-electron chi connectivity index (χ2n) is 5.75. The minimum Gasteiger partial charge on any atom is -0.339 e. The van der Waals surface area contributed by atoms with Gasteiger partial charge in [0.2, 0.25) is 0 Å². The molecule has 1 fully saturated rings. The number of carbonyl (C=O) groups excluding carboxylic acids is 2. The standard InChI is InChI=1S/C17H18N4O3/c1-20-11-13(16(23)21-7-2-3-8-21)9-14(17(20)24)19-15(22)12-5-4-6-18-10-12/h4-6,9-11H,2-3,7-8H2,1H3,(H,19,22). The molecular formula is C17H18N4O3. The first-order chi connectivity index (χ1) is 11.6. The zero-order valence-corrected chi connectivity index (χ0v) is 13.4. The van der Waals surface area contributed by atoms with E-state index in [9.17, 15) is 14.4 Å². The molecule has 0 aliphatic carbocycles. The average Bonchev–Trinajstić information content (AvgIpc) is 3.13. The number of anilines is 1. The number of rotatable bonds is 3. The Morgan fingerprint density at radius 1 is 1.21 bits per heavy atom. The fourth-order valence-electron chi connectivity index (χ4n) is 2.71. The Kier molecular flexibility index (Phi) is 4.41. The lowest BCUT2D eigenvalue weighted by Gasteiger charge is -2.16. The number of carbonyl (C=O) groups is 2. The smallest absolute Gasteiger partial charge is 0.274 e. The summed E-state index contributed by atoms with van der Waals surface area (Å²) in [7, 11) is 1.56. The highest BCUT2D eigenvalue weighted by Gasteiger charge is 2.21. The SMILES string of the molecule is Cn1cc(C(=O)N2CCCC2)cc(NC(=O)c2cccnc2)c1=O. The van der Waals surface area contributed by atoms with Gasteiger partial charge in [0.15, 0.2) is 0 Å². The number of likely N-dealkylation sites (tertiary alicyclic amines) is 1. The van der Waals surface area contributed by atoms with Crippen molar-refractivity contribution in [1.29, 1.82) is 0 Å². The van der Waals surface area contributed by atoms with E-state index in [0.717, 1.165) is 25.9 Å². The van der Waals surface area contributed by atoms with Gasteiger partial charge in [-0.05, 0) is 31.0 Å². The molecule has 3 heterocycles. The quantitative estimate of drug-likeness (QED) is 0.920. The van der Waals surface area contributed by atoms with E-state index in [1.807, 2.05) is 0 Å². The summed E-state index contributed by atoms with van der Waals surface area (Å²) in [6, 6.07) is 4.68. The number of nitrogens with zero attached hydrogens (tertiary/aromatic N) is 3. The molecule has 1 saturated heterocycles. The molecular weight excluding hydrogens is 308 g/mol. The summed E-state index contributed by atoms with van der Waals surface area (Å²) < 4.78 is 1.31. The number of nitrogens with one attached hydrogen (secondary N) is 1. The first-order valence-corrected chi connectivity index (χ1v) is 7.77. The molecule has 0 bridgehead atoms. The lowest BCUT2D eigenvalue weighted by Crippen LogP contribution is -2.30. The van der Waals surface area contributed by atoms with Crippen molar-refractivity contribution >= 4 is 17.5 Å². The summed E-state index contributed by atoms with van der Waals surface area (Å²) in [6.45, 7) is 1.44. The van der Waals surface area contributed by atoms with Crippen LogP contribution in [-0.4, -0.2) is 39.4 Å². The van der Waals surface area contributed by atoms with E-state index in [4.69, 9.17) is 0 Å². The van der Waals surface area contributed by atoms with Gasteiger partial charge in [-0.1, -0.05) is 0 Å². The highest BCUT2D eigenvalue weighted by Crippen LogP contribution is 2.14. The fraction of sp³-hybridized carbons (Fsp3) is 0.294. The average molecular weight is 326 g/mol. The summed E-state index contributed by atoms with van der Waals surface area (Å²) in [6.07, 6.45) is 6.46. The second kappa shape index (κ2) is 6.66. The van der Waals surface area contributed by atoms with Gasteiger partial charge >= 0.3 is 0 Å². The molecule has 7 heteroatoms. The third kappa shape index (κ3) is 3.19. The molecule has 7 nitrogen and oxygen atoms in total. The fourth-order valence-corrected chi connectivity index (χ4v) is 2.71. The Hall–Kier alpha value is -2.96. The molecule has 24 heavy (non-hydrogen) atoms. The van der Waals surface area contributed by atoms with Crippen LogP contribution < -0.4 is 10.9 Å². The summed E-state index contributed by atoms with van der Waals surface area (Å²) in [4.78, 5) is 42.6. The van der Waals surface area contributed by atoms with Gasteiger partial charge in [0.1, 0.15) is 5.69 Å². The van der Waals surface area contributed by atoms with Crippen LogP contribution in [0.2, 0.25) is 0 Å². The molecule has 1 N–H and O–H groups in total. The van der Waals surface area contributed by atoms with Crippen LogP contribution in [0.3, 0.4) is 0 Å². The molecule has 0 unspecified atom stereocenters. The first kappa shape index (κ1) is 15.9. The van der Waals surface area contributed by atoms with Gasteiger partial charge in [0.25, 0.3) is 17.4 Å². The van der Waals surface area contributed by atoms with E-state index in [0.29, 0.717) is 11.1 Å². The maximum atomic E-state index is 12.5. The van der Waals surface area contributed by atoms with E-state index in [-0.39, 0.29) is 17.2 Å². The molecule has 3 rings (SSSR count). The van der Waals surface area contributed by atoms with E-state index in [1.165, 1.54) is 23.0 Å². The predicted molar refractivity (Wildman–Crippen MR) is 89.0 cm³/mol. The van der Waals surface area contributed by atoms with Crippen LogP contribution in [0.5, 0.6) is 0 Å². The Labute approximate surface area is 138 Å². The topological polar surface area (TPSA) is 84.3 Å². The van der Waals surface area contributed by atoms with Crippen molar-refractivity contribution < 1.29 is 9.59 Å². The summed E-state index contributed by atoms with van der Waals surface area (Å²) in [5.74, 6) is -0.564. The summed E-state index contributed by atoms with van der Waals surface area (Å²) >= 11 is 0. The molecule has 2 aromatic heterocycles. The molecule has 2 aromatic rings. The summed E-state index contributed by atoms with van der Waals surface area (Å²) in [5, 5.41) is 2.57. The van der Waals surface area contributed by atoms with E-state index in [1.54, 1.807) is 30.3 Å². The maximum Gasteiger partial charge on any atom is 0.274 e. The predicted octanol–water partition coefficient (Wildman–Crippen LogP) is 1.27. The molecule has 0 spiro atoms. The zero-order chi connectivity index (χ0) is 17.1. The number of aryl methyl sites for hydroxylation is 1. The van der Waals surface area contributed by atoms with Crippen molar-refractivity contribution in [3.63, 3.8) is 0 Å². The Morgan fingerprint density at radius 3 is 2.62 bits per heavy atom.